The van der Waals surface area contributed by atoms with Crippen molar-refractivity contribution in [3.63, 3.8) is 0 Å². The quantitative estimate of drug-likeness (QED) is 0.337. The van der Waals surface area contributed by atoms with E-state index in [0.717, 1.165) is 31.0 Å². The minimum atomic E-state index is -5.05. The molecule has 230 valence electrons. The summed E-state index contributed by atoms with van der Waals surface area (Å²) in [5.74, 6) is 0.00825. The average Bonchev–Trinajstić information content (AvgIpc) is 3.72. The van der Waals surface area contributed by atoms with Crippen molar-refractivity contribution in [2.75, 3.05) is 18.1 Å². The number of amides is 2. The SMILES string of the molecule is CCOC(=O)N1c2ccc(C(F)(F)F)cc2[C@@H](NC(=O)OCCc2cc(C(F)(F)F)cc(C(F)(F)F)c2)C[C@H]1C1CC1. The summed E-state index contributed by atoms with van der Waals surface area (Å²) in [7, 11) is 0. The summed E-state index contributed by atoms with van der Waals surface area (Å²) >= 11 is 0. The van der Waals surface area contributed by atoms with E-state index in [1.807, 2.05) is 0 Å². The molecule has 4 rings (SSSR count). The van der Waals surface area contributed by atoms with Crippen LogP contribution in [0.4, 0.5) is 54.8 Å². The third-order valence-electron chi connectivity index (χ3n) is 6.99. The van der Waals surface area contributed by atoms with E-state index in [-0.39, 0.29) is 41.8 Å². The number of carbonyl (C=O) groups is 2. The number of hydrogen-bond acceptors (Lipinski definition) is 4. The van der Waals surface area contributed by atoms with Gasteiger partial charge in [-0.3, -0.25) is 4.90 Å². The first-order valence-corrected chi connectivity index (χ1v) is 12.9. The number of carbonyl (C=O) groups excluding carboxylic acids is 2. The van der Waals surface area contributed by atoms with Crippen molar-refractivity contribution in [2.24, 2.45) is 5.92 Å². The molecule has 0 bridgehead atoms. The molecule has 0 spiro atoms. The Morgan fingerprint density at radius 3 is 1.98 bits per heavy atom. The molecule has 1 saturated carbocycles. The van der Waals surface area contributed by atoms with Gasteiger partial charge in [-0.15, -0.1) is 0 Å². The van der Waals surface area contributed by atoms with Crippen LogP contribution in [0.2, 0.25) is 0 Å². The summed E-state index contributed by atoms with van der Waals surface area (Å²) in [6, 6.07) is 2.17. The van der Waals surface area contributed by atoms with Crippen molar-refractivity contribution in [3.05, 3.63) is 64.2 Å². The highest BCUT2D eigenvalue weighted by atomic mass is 19.4. The zero-order valence-electron chi connectivity index (χ0n) is 21.9. The molecule has 0 aromatic heterocycles. The van der Waals surface area contributed by atoms with Crippen LogP contribution in [-0.2, 0) is 34.4 Å². The normalized spacial score (nSPS) is 19.2. The number of nitrogens with zero attached hydrogens (tertiary/aromatic N) is 1. The molecule has 1 heterocycles. The first-order chi connectivity index (χ1) is 19.5. The van der Waals surface area contributed by atoms with E-state index in [1.54, 1.807) is 6.92 Å². The van der Waals surface area contributed by atoms with Crippen molar-refractivity contribution in [1.29, 1.82) is 0 Å². The molecule has 1 fully saturated rings. The van der Waals surface area contributed by atoms with Crippen LogP contribution in [0.3, 0.4) is 0 Å². The molecule has 0 saturated heterocycles. The fraction of sp³-hybridized carbons (Fsp3) is 0.481. The summed E-state index contributed by atoms with van der Waals surface area (Å²) in [5, 5.41) is 2.45. The third kappa shape index (κ3) is 7.21. The Morgan fingerprint density at radius 1 is 0.857 bits per heavy atom. The summed E-state index contributed by atoms with van der Waals surface area (Å²) < 4.78 is 129. The first-order valence-electron chi connectivity index (χ1n) is 12.9. The maximum Gasteiger partial charge on any atom is 0.416 e. The van der Waals surface area contributed by atoms with Crippen LogP contribution in [0.25, 0.3) is 0 Å². The van der Waals surface area contributed by atoms with E-state index in [1.165, 1.54) is 4.90 Å². The van der Waals surface area contributed by atoms with Crippen LogP contribution in [-0.4, -0.2) is 31.4 Å². The predicted molar refractivity (Wildman–Crippen MR) is 129 cm³/mol. The number of anilines is 1. The van der Waals surface area contributed by atoms with Crippen molar-refractivity contribution in [2.45, 2.75) is 63.2 Å². The monoisotopic (exact) mass is 612 g/mol. The number of fused-ring (bicyclic) bond motifs is 1. The standard InChI is InChI=1S/C27H25F9N2O4/c1-2-41-24(40)38-21-6-5-16(25(28,29)30)12-19(21)20(13-22(38)15-3-4-15)37-23(39)42-8-7-14-9-17(26(31,32)33)11-18(10-14)27(34,35)36/h5-6,9-12,15,20,22H,2-4,7-8,13H2,1H3,(H,37,39)/t20-,22-/m0/s1. The van der Waals surface area contributed by atoms with Crippen LogP contribution in [0.15, 0.2) is 36.4 Å². The summed E-state index contributed by atoms with van der Waals surface area (Å²) in [6.45, 7) is 0.978. The molecular formula is C27H25F9N2O4. The summed E-state index contributed by atoms with van der Waals surface area (Å²) in [4.78, 5) is 26.7. The van der Waals surface area contributed by atoms with E-state index in [9.17, 15) is 49.1 Å². The van der Waals surface area contributed by atoms with Crippen LogP contribution >= 0.6 is 0 Å². The molecule has 1 N–H and O–H groups in total. The molecular weight excluding hydrogens is 587 g/mol. The lowest BCUT2D eigenvalue weighted by Crippen LogP contribution is -2.49. The number of alkyl carbamates (subject to hydrolysis) is 1. The number of nitrogens with one attached hydrogen (secondary N) is 1. The lowest BCUT2D eigenvalue weighted by Gasteiger charge is -2.40. The average molecular weight is 612 g/mol. The maximum absolute atomic E-state index is 13.5. The zero-order valence-corrected chi connectivity index (χ0v) is 21.9. The highest BCUT2D eigenvalue weighted by Gasteiger charge is 2.46. The van der Waals surface area contributed by atoms with E-state index in [2.05, 4.69) is 5.32 Å². The smallest absolute Gasteiger partial charge is 0.416 e. The second kappa shape index (κ2) is 11.6. The van der Waals surface area contributed by atoms with Gasteiger partial charge < -0.3 is 14.8 Å². The van der Waals surface area contributed by atoms with E-state index in [0.29, 0.717) is 12.1 Å². The molecule has 2 atom stereocenters. The van der Waals surface area contributed by atoms with Gasteiger partial charge in [-0.2, -0.15) is 39.5 Å². The molecule has 2 aliphatic rings. The minimum Gasteiger partial charge on any atom is -0.449 e. The molecule has 2 amide bonds. The van der Waals surface area contributed by atoms with Crippen molar-refractivity contribution < 1.29 is 58.6 Å². The van der Waals surface area contributed by atoms with Gasteiger partial charge in [0.25, 0.3) is 0 Å². The minimum absolute atomic E-state index is 0.00825. The Kier molecular flexibility index (Phi) is 8.61. The van der Waals surface area contributed by atoms with Gasteiger partial charge in [-0.05, 0) is 79.6 Å². The largest absolute Gasteiger partial charge is 0.449 e. The van der Waals surface area contributed by atoms with Gasteiger partial charge in [0.05, 0.1) is 41.6 Å². The molecule has 2 aromatic carbocycles. The molecule has 15 heteroatoms. The highest BCUT2D eigenvalue weighted by Crippen LogP contribution is 2.48. The second-order valence-corrected chi connectivity index (χ2v) is 9.98. The van der Waals surface area contributed by atoms with Gasteiger partial charge >= 0.3 is 30.7 Å². The number of halogens is 9. The van der Waals surface area contributed by atoms with Crippen molar-refractivity contribution >= 4 is 17.9 Å². The highest BCUT2D eigenvalue weighted by molar-refractivity contribution is 5.91. The summed E-state index contributed by atoms with van der Waals surface area (Å²) in [6.07, 6.45) is -15.7. The van der Waals surface area contributed by atoms with E-state index < -0.39 is 72.5 Å². The molecule has 0 radical (unpaired) electrons. The number of alkyl halides is 9. The molecule has 1 aliphatic carbocycles. The van der Waals surface area contributed by atoms with Crippen LogP contribution in [0.1, 0.15) is 60.0 Å². The number of benzene rings is 2. The van der Waals surface area contributed by atoms with Crippen molar-refractivity contribution in [3.8, 4) is 0 Å². The zero-order chi connectivity index (χ0) is 31.0. The second-order valence-electron chi connectivity index (χ2n) is 9.98. The van der Waals surface area contributed by atoms with Gasteiger partial charge in [-0.25, -0.2) is 9.59 Å². The molecule has 0 unspecified atom stereocenters. The van der Waals surface area contributed by atoms with E-state index >= 15 is 0 Å². The Bertz CT molecular complexity index is 1290. The van der Waals surface area contributed by atoms with Crippen LogP contribution in [0.5, 0.6) is 0 Å². The van der Waals surface area contributed by atoms with Gasteiger partial charge in [0.2, 0.25) is 0 Å². The molecule has 6 nitrogen and oxygen atoms in total. The van der Waals surface area contributed by atoms with Gasteiger partial charge in [0, 0.05) is 12.5 Å². The van der Waals surface area contributed by atoms with Gasteiger partial charge in [0.1, 0.15) is 0 Å². The Labute approximate surface area is 233 Å². The van der Waals surface area contributed by atoms with Crippen molar-refractivity contribution in [1.82, 2.24) is 5.32 Å². The topological polar surface area (TPSA) is 67.9 Å². The lowest BCUT2D eigenvalue weighted by molar-refractivity contribution is -0.143. The van der Waals surface area contributed by atoms with Gasteiger partial charge in [0.15, 0.2) is 0 Å². The number of ether oxygens (including phenoxy) is 2. The number of rotatable bonds is 6. The Morgan fingerprint density at radius 2 is 1.45 bits per heavy atom. The van der Waals surface area contributed by atoms with Crippen LogP contribution < -0.4 is 10.2 Å². The molecule has 2 aromatic rings. The molecule has 1 aliphatic heterocycles. The Balaban J connectivity index is 1.53. The molecule has 42 heavy (non-hydrogen) atoms. The van der Waals surface area contributed by atoms with Gasteiger partial charge in [-0.1, -0.05) is 0 Å². The first kappa shape index (κ1) is 31.3. The lowest BCUT2D eigenvalue weighted by atomic mass is 9.88. The van der Waals surface area contributed by atoms with E-state index in [4.69, 9.17) is 9.47 Å². The fourth-order valence-corrected chi connectivity index (χ4v) is 4.94. The third-order valence-corrected chi connectivity index (χ3v) is 6.99. The predicted octanol–water partition coefficient (Wildman–Crippen LogP) is 7.90. The fourth-order valence-electron chi connectivity index (χ4n) is 4.94. The Hall–Kier alpha value is -3.65. The van der Waals surface area contributed by atoms with Crippen LogP contribution in [0, 0.1) is 5.92 Å². The maximum atomic E-state index is 13.5. The summed E-state index contributed by atoms with van der Waals surface area (Å²) in [5.41, 5.74) is -4.37. The number of hydrogen-bond donors (Lipinski definition) is 1.